The first kappa shape index (κ1) is 33.9. The van der Waals surface area contributed by atoms with Crippen molar-refractivity contribution in [3.8, 4) is 78.7 Å². The van der Waals surface area contributed by atoms with Gasteiger partial charge in [0.05, 0.1) is 0 Å². The number of nitrogens with zero attached hydrogens (tertiary/aromatic N) is 3. The number of furan rings is 1. The van der Waals surface area contributed by atoms with Crippen LogP contribution in [-0.2, 0) is 5.41 Å². The Hall–Kier alpha value is -7.43. The molecule has 0 radical (unpaired) electrons. The number of benzene rings is 8. The van der Waals surface area contributed by atoms with Crippen LogP contribution in [0.4, 0.5) is 0 Å². The molecule has 0 atom stereocenters. The molecule has 8 aromatic carbocycles. The molecule has 58 heavy (non-hydrogen) atoms. The maximum absolute atomic E-state index is 6.56. The number of hydrogen-bond acceptors (Lipinski definition) is 4. The molecule has 2 aromatic heterocycles. The molecule has 4 nitrogen and oxygen atoms in total. The minimum absolute atomic E-state index is 0.0840. The lowest BCUT2D eigenvalue weighted by Crippen LogP contribution is -2.14. The third kappa shape index (κ3) is 5.56. The molecule has 1 aliphatic carbocycles. The molecule has 1 aliphatic rings. The smallest absolute Gasteiger partial charge is 0.164 e. The Morgan fingerprint density at radius 3 is 1.50 bits per heavy atom. The van der Waals surface area contributed by atoms with Crippen molar-refractivity contribution in [1.82, 2.24) is 15.0 Å². The molecule has 0 saturated heterocycles. The van der Waals surface area contributed by atoms with Crippen molar-refractivity contribution in [2.45, 2.75) is 19.3 Å². The van der Waals surface area contributed by atoms with Gasteiger partial charge in [-0.2, -0.15) is 0 Å². The Labute approximate surface area is 337 Å². The fourth-order valence-electron chi connectivity index (χ4n) is 8.82. The molecule has 0 unspecified atom stereocenters. The van der Waals surface area contributed by atoms with Crippen LogP contribution in [-0.4, -0.2) is 15.0 Å². The van der Waals surface area contributed by atoms with Gasteiger partial charge in [-0.25, -0.2) is 15.0 Å². The molecule has 4 heteroatoms. The summed E-state index contributed by atoms with van der Waals surface area (Å²) in [7, 11) is 0. The maximum atomic E-state index is 6.56. The third-order valence-corrected chi connectivity index (χ3v) is 11.8. The van der Waals surface area contributed by atoms with E-state index in [1.54, 1.807) is 0 Å². The standard InChI is InChI=1S/C54H37N3O/c1-54(2)45-20-10-9-17-42(45)49-41(18-11-21-46(49)54)40-31-32-47-44(33-40)50-43(19-12-22-48(50)58-47)53-56-51(38-27-23-36(24-28-38)34-13-5-3-6-14-34)55-52(57-53)39-29-25-37(26-30-39)35-15-7-4-8-16-35/h3-33H,1-2H3. The summed E-state index contributed by atoms with van der Waals surface area (Å²) in [4.78, 5) is 15.5. The fourth-order valence-corrected chi connectivity index (χ4v) is 8.82. The van der Waals surface area contributed by atoms with Crippen LogP contribution in [0.5, 0.6) is 0 Å². The van der Waals surface area contributed by atoms with E-state index in [1.807, 2.05) is 24.3 Å². The van der Waals surface area contributed by atoms with Crippen LogP contribution in [0.25, 0.3) is 101 Å². The van der Waals surface area contributed by atoms with E-state index in [9.17, 15) is 0 Å². The van der Waals surface area contributed by atoms with Gasteiger partial charge in [-0.05, 0) is 73.8 Å². The van der Waals surface area contributed by atoms with E-state index in [0.717, 1.165) is 66.4 Å². The molecule has 274 valence electrons. The summed E-state index contributed by atoms with van der Waals surface area (Å²) in [5, 5.41) is 2.00. The van der Waals surface area contributed by atoms with Crippen molar-refractivity contribution in [2.24, 2.45) is 0 Å². The van der Waals surface area contributed by atoms with Crippen LogP contribution in [0.3, 0.4) is 0 Å². The zero-order valence-corrected chi connectivity index (χ0v) is 32.1. The minimum Gasteiger partial charge on any atom is -0.456 e. The Kier molecular flexibility index (Phi) is 7.80. The van der Waals surface area contributed by atoms with Crippen LogP contribution in [0.2, 0.25) is 0 Å². The molecular formula is C54H37N3O. The molecule has 0 spiro atoms. The van der Waals surface area contributed by atoms with Crippen LogP contribution in [0, 0.1) is 0 Å². The van der Waals surface area contributed by atoms with Crippen molar-refractivity contribution in [1.29, 1.82) is 0 Å². The third-order valence-electron chi connectivity index (χ3n) is 11.8. The molecule has 0 saturated carbocycles. The van der Waals surface area contributed by atoms with E-state index < -0.39 is 0 Å². The van der Waals surface area contributed by atoms with E-state index in [4.69, 9.17) is 19.4 Å². The van der Waals surface area contributed by atoms with Crippen molar-refractivity contribution in [2.75, 3.05) is 0 Å². The summed E-state index contributed by atoms with van der Waals surface area (Å²) in [5.74, 6) is 1.81. The molecule has 11 rings (SSSR count). The Balaban J connectivity index is 1.08. The minimum atomic E-state index is -0.0840. The quantitative estimate of drug-likeness (QED) is 0.170. The zero-order chi connectivity index (χ0) is 38.8. The topological polar surface area (TPSA) is 51.8 Å². The number of fused-ring (bicyclic) bond motifs is 6. The summed E-state index contributed by atoms with van der Waals surface area (Å²) in [6.07, 6.45) is 0. The lowest BCUT2D eigenvalue weighted by molar-refractivity contribution is 0.660. The van der Waals surface area contributed by atoms with Gasteiger partial charge in [-0.1, -0.05) is 184 Å². The van der Waals surface area contributed by atoms with Crippen molar-refractivity contribution >= 4 is 21.9 Å². The predicted molar refractivity (Wildman–Crippen MR) is 237 cm³/mol. The van der Waals surface area contributed by atoms with Gasteiger partial charge in [-0.15, -0.1) is 0 Å². The average molecular weight is 744 g/mol. The fraction of sp³-hybridized carbons (Fsp3) is 0.0556. The average Bonchev–Trinajstić information content (AvgIpc) is 3.78. The zero-order valence-electron chi connectivity index (χ0n) is 32.1. The molecule has 0 amide bonds. The summed E-state index contributed by atoms with van der Waals surface area (Å²) in [6, 6.07) is 66.0. The monoisotopic (exact) mass is 743 g/mol. The number of rotatable bonds is 6. The van der Waals surface area contributed by atoms with Crippen molar-refractivity contribution in [3.63, 3.8) is 0 Å². The first-order valence-electron chi connectivity index (χ1n) is 19.8. The first-order valence-corrected chi connectivity index (χ1v) is 19.8. The van der Waals surface area contributed by atoms with Crippen molar-refractivity contribution < 1.29 is 4.42 Å². The second-order valence-corrected chi connectivity index (χ2v) is 15.6. The summed E-state index contributed by atoms with van der Waals surface area (Å²) in [6.45, 7) is 4.65. The number of aromatic nitrogens is 3. The molecule has 0 bridgehead atoms. The van der Waals surface area contributed by atoms with Crippen molar-refractivity contribution in [3.05, 3.63) is 199 Å². The maximum Gasteiger partial charge on any atom is 0.164 e. The SMILES string of the molecule is CC1(C)c2ccccc2-c2c(-c3ccc4oc5cccc(-c6nc(-c7ccc(-c8ccccc8)cc7)nc(-c7ccc(-c8ccccc8)cc7)n6)c5c4c3)cccc21. The second-order valence-electron chi connectivity index (χ2n) is 15.6. The van der Waals surface area contributed by atoms with E-state index >= 15 is 0 Å². The number of hydrogen-bond donors (Lipinski definition) is 0. The Morgan fingerprint density at radius 1 is 0.362 bits per heavy atom. The molecule has 0 N–H and O–H groups in total. The lowest BCUT2D eigenvalue weighted by atomic mass is 9.82. The van der Waals surface area contributed by atoms with Gasteiger partial charge in [0.25, 0.3) is 0 Å². The molecular weight excluding hydrogens is 707 g/mol. The van der Waals surface area contributed by atoms with Gasteiger partial charge in [0.15, 0.2) is 17.5 Å². The van der Waals surface area contributed by atoms with Crippen LogP contribution >= 0.6 is 0 Å². The molecule has 2 heterocycles. The van der Waals surface area contributed by atoms with E-state index in [1.165, 1.54) is 27.8 Å². The van der Waals surface area contributed by atoms with Crippen LogP contribution < -0.4 is 0 Å². The summed E-state index contributed by atoms with van der Waals surface area (Å²) < 4.78 is 6.56. The largest absolute Gasteiger partial charge is 0.456 e. The van der Waals surface area contributed by atoms with Gasteiger partial charge in [0.1, 0.15) is 11.2 Å². The second kappa shape index (κ2) is 13.4. The highest BCUT2D eigenvalue weighted by molar-refractivity contribution is 6.13. The first-order chi connectivity index (χ1) is 28.5. The van der Waals surface area contributed by atoms with Gasteiger partial charge in [0.2, 0.25) is 0 Å². The molecule has 10 aromatic rings. The summed E-state index contributed by atoms with van der Waals surface area (Å²) in [5.41, 5.74) is 16.5. The Bertz CT molecular complexity index is 3060. The van der Waals surface area contributed by atoms with E-state index in [2.05, 4.69) is 178 Å². The predicted octanol–water partition coefficient (Wildman–Crippen LogP) is 14.1. The molecule has 0 fully saturated rings. The molecule has 0 aliphatic heterocycles. The highest BCUT2D eigenvalue weighted by atomic mass is 16.3. The van der Waals surface area contributed by atoms with Crippen LogP contribution in [0.15, 0.2) is 192 Å². The van der Waals surface area contributed by atoms with E-state index in [0.29, 0.717) is 17.5 Å². The van der Waals surface area contributed by atoms with Gasteiger partial charge in [0, 0.05) is 32.9 Å². The highest BCUT2D eigenvalue weighted by Crippen LogP contribution is 2.52. The Morgan fingerprint density at radius 2 is 0.845 bits per heavy atom. The normalized spacial score (nSPS) is 12.8. The highest BCUT2D eigenvalue weighted by Gasteiger charge is 2.36. The summed E-state index contributed by atoms with van der Waals surface area (Å²) >= 11 is 0. The van der Waals surface area contributed by atoms with Gasteiger partial charge >= 0.3 is 0 Å². The van der Waals surface area contributed by atoms with Crippen LogP contribution in [0.1, 0.15) is 25.0 Å². The van der Waals surface area contributed by atoms with E-state index in [-0.39, 0.29) is 5.41 Å². The lowest BCUT2D eigenvalue weighted by Gasteiger charge is -2.21. The van der Waals surface area contributed by atoms with Gasteiger partial charge < -0.3 is 4.42 Å². The van der Waals surface area contributed by atoms with Gasteiger partial charge in [-0.3, -0.25) is 0 Å².